The summed E-state index contributed by atoms with van der Waals surface area (Å²) in [6, 6.07) is 9.76. The van der Waals surface area contributed by atoms with Crippen LogP contribution in [0.25, 0.3) is 21.9 Å². The quantitative estimate of drug-likeness (QED) is 0.714. The lowest BCUT2D eigenvalue weighted by molar-refractivity contribution is 0.659. The van der Waals surface area contributed by atoms with Gasteiger partial charge in [-0.2, -0.15) is 0 Å². The van der Waals surface area contributed by atoms with Gasteiger partial charge < -0.3 is 9.47 Å². The Labute approximate surface area is 146 Å². The third-order valence-electron chi connectivity index (χ3n) is 4.03. The highest BCUT2D eigenvalue weighted by Crippen LogP contribution is 2.29. The third-order valence-corrected chi connectivity index (χ3v) is 4.33. The van der Waals surface area contributed by atoms with E-state index in [0.717, 1.165) is 28.8 Å². The van der Waals surface area contributed by atoms with Gasteiger partial charge in [0.2, 0.25) is 0 Å². The molecule has 0 amide bonds. The summed E-state index contributed by atoms with van der Waals surface area (Å²) in [5.74, 6) is 0.896. The van der Waals surface area contributed by atoms with Gasteiger partial charge >= 0.3 is 0 Å². The van der Waals surface area contributed by atoms with Crippen molar-refractivity contribution in [2.24, 2.45) is 0 Å². The molecule has 5 heteroatoms. The minimum Gasteiger partial charge on any atom is -0.363 e. The maximum atomic E-state index is 12.6. The molecule has 0 unspecified atom stereocenters. The summed E-state index contributed by atoms with van der Waals surface area (Å²) in [6.45, 7) is 2.74. The molecule has 24 heavy (non-hydrogen) atoms. The highest BCUT2D eigenvalue weighted by Gasteiger charge is 2.10. The average molecular weight is 342 g/mol. The van der Waals surface area contributed by atoms with Gasteiger partial charge in [-0.3, -0.25) is 4.79 Å². The van der Waals surface area contributed by atoms with Crippen molar-refractivity contribution in [3.8, 4) is 11.1 Å². The molecular weight excluding hydrogens is 322 g/mol. The molecule has 2 aromatic heterocycles. The van der Waals surface area contributed by atoms with Crippen LogP contribution in [0.15, 0.2) is 47.5 Å². The first kappa shape index (κ1) is 16.5. The maximum absolute atomic E-state index is 12.6. The minimum absolute atomic E-state index is 0.0352. The van der Waals surface area contributed by atoms with Gasteiger partial charge in [-0.05, 0) is 47.7 Å². The molecule has 0 saturated heterocycles. The fourth-order valence-corrected chi connectivity index (χ4v) is 3.08. The average Bonchev–Trinajstić information content (AvgIpc) is 2.57. The summed E-state index contributed by atoms with van der Waals surface area (Å²) in [7, 11) is 3.91. The lowest BCUT2D eigenvalue weighted by atomic mass is 10.0. The van der Waals surface area contributed by atoms with E-state index in [1.165, 1.54) is 0 Å². The van der Waals surface area contributed by atoms with Gasteiger partial charge in [-0.15, -0.1) is 0 Å². The molecule has 0 fully saturated rings. The SMILES string of the molecule is CCCn1ccc2cc(-c3ccc(N(C)C)nc3)cc(Cl)c2c1=O. The Morgan fingerprint density at radius 1 is 1.17 bits per heavy atom. The molecule has 1 aromatic carbocycles. The fourth-order valence-electron chi connectivity index (χ4n) is 2.77. The number of halogens is 1. The van der Waals surface area contributed by atoms with Crippen LogP contribution < -0.4 is 10.5 Å². The van der Waals surface area contributed by atoms with Crippen molar-refractivity contribution in [2.45, 2.75) is 19.9 Å². The molecular formula is C19H20ClN3O. The second-order valence-electron chi connectivity index (χ2n) is 6.04. The van der Waals surface area contributed by atoms with Crippen molar-refractivity contribution in [2.75, 3.05) is 19.0 Å². The van der Waals surface area contributed by atoms with Crippen molar-refractivity contribution >= 4 is 28.2 Å². The van der Waals surface area contributed by atoms with Gasteiger partial charge in [0, 0.05) is 38.6 Å². The molecule has 0 saturated carbocycles. The second kappa shape index (κ2) is 6.65. The van der Waals surface area contributed by atoms with E-state index in [2.05, 4.69) is 4.98 Å². The summed E-state index contributed by atoms with van der Waals surface area (Å²) in [5.41, 5.74) is 1.90. The van der Waals surface area contributed by atoms with E-state index in [1.54, 1.807) is 4.57 Å². The van der Waals surface area contributed by atoms with E-state index < -0.39 is 0 Å². The number of aromatic nitrogens is 2. The number of fused-ring (bicyclic) bond motifs is 1. The molecule has 3 rings (SSSR count). The van der Waals surface area contributed by atoms with Crippen molar-refractivity contribution in [3.63, 3.8) is 0 Å². The first-order valence-corrected chi connectivity index (χ1v) is 8.35. The van der Waals surface area contributed by atoms with E-state index in [0.29, 0.717) is 17.0 Å². The normalized spacial score (nSPS) is 11.0. The zero-order valence-corrected chi connectivity index (χ0v) is 14.8. The third kappa shape index (κ3) is 3.02. The Morgan fingerprint density at radius 3 is 2.58 bits per heavy atom. The van der Waals surface area contributed by atoms with Crippen LogP contribution in [0.5, 0.6) is 0 Å². The van der Waals surface area contributed by atoms with Crippen LogP contribution in [0.1, 0.15) is 13.3 Å². The van der Waals surface area contributed by atoms with Gasteiger partial charge in [0.1, 0.15) is 5.82 Å². The zero-order chi connectivity index (χ0) is 17.3. The molecule has 2 heterocycles. The van der Waals surface area contributed by atoms with Crippen molar-refractivity contribution in [1.29, 1.82) is 0 Å². The number of benzene rings is 1. The predicted molar refractivity (Wildman–Crippen MR) is 101 cm³/mol. The lowest BCUT2D eigenvalue weighted by Gasteiger charge is -2.12. The molecule has 0 atom stereocenters. The van der Waals surface area contributed by atoms with Crippen LogP contribution in [0.3, 0.4) is 0 Å². The Balaban J connectivity index is 2.11. The first-order valence-electron chi connectivity index (χ1n) is 7.97. The largest absolute Gasteiger partial charge is 0.363 e. The van der Waals surface area contributed by atoms with Gasteiger partial charge in [-0.25, -0.2) is 4.98 Å². The van der Waals surface area contributed by atoms with Crippen molar-refractivity contribution in [1.82, 2.24) is 9.55 Å². The Bertz CT molecular complexity index is 930. The molecule has 0 aliphatic carbocycles. The van der Waals surface area contributed by atoms with Crippen LogP contribution in [-0.2, 0) is 6.54 Å². The molecule has 0 aliphatic rings. The molecule has 0 N–H and O–H groups in total. The monoisotopic (exact) mass is 341 g/mol. The van der Waals surface area contributed by atoms with Gasteiger partial charge in [-0.1, -0.05) is 18.5 Å². The smallest absolute Gasteiger partial charge is 0.259 e. The Morgan fingerprint density at radius 2 is 1.96 bits per heavy atom. The number of nitrogens with zero attached hydrogens (tertiary/aromatic N) is 3. The number of aryl methyl sites for hydroxylation is 1. The van der Waals surface area contributed by atoms with E-state index in [1.807, 2.05) is 68.6 Å². The van der Waals surface area contributed by atoms with Crippen LogP contribution in [-0.4, -0.2) is 23.6 Å². The zero-order valence-electron chi connectivity index (χ0n) is 14.1. The highest BCUT2D eigenvalue weighted by atomic mass is 35.5. The van der Waals surface area contributed by atoms with Crippen LogP contribution in [0.2, 0.25) is 5.02 Å². The standard InChI is InChI=1S/C19H20ClN3O/c1-4-8-23-9-7-13-10-15(11-16(20)18(13)19(23)24)14-5-6-17(21-12-14)22(2)3/h5-7,9-12H,4,8H2,1-3H3. The lowest BCUT2D eigenvalue weighted by Crippen LogP contribution is -2.19. The fraction of sp³-hybridized carbons (Fsp3) is 0.263. The second-order valence-corrected chi connectivity index (χ2v) is 6.44. The minimum atomic E-state index is -0.0352. The van der Waals surface area contributed by atoms with Crippen LogP contribution >= 0.6 is 11.6 Å². The van der Waals surface area contributed by atoms with Crippen LogP contribution in [0, 0.1) is 0 Å². The Hall–Kier alpha value is -2.33. The molecule has 0 aliphatic heterocycles. The number of hydrogen-bond acceptors (Lipinski definition) is 3. The summed E-state index contributed by atoms with van der Waals surface area (Å²) in [4.78, 5) is 19.0. The molecule has 0 spiro atoms. The summed E-state index contributed by atoms with van der Waals surface area (Å²) in [6.07, 6.45) is 4.57. The molecule has 124 valence electrons. The van der Waals surface area contributed by atoms with E-state index in [4.69, 9.17) is 11.6 Å². The summed E-state index contributed by atoms with van der Waals surface area (Å²) in [5, 5.41) is 1.91. The molecule has 0 radical (unpaired) electrons. The Kier molecular flexibility index (Phi) is 4.58. The van der Waals surface area contributed by atoms with Gasteiger partial charge in [0.25, 0.3) is 5.56 Å². The number of pyridine rings is 2. The van der Waals surface area contributed by atoms with E-state index in [9.17, 15) is 4.79 Å². The topological polar surface area (TPSA) is 38.1 Å². The van der Waals surface area contributed by atoms with Crippen molar-refractivity contribution in [3.05, 3.63) is 58.1 Å². The molecule has 4 nitrogen and oxygen atoms in total. The van der Waals surface area contributed by atoms with Gasteiger partial charge in [0.05, 0.1) is 10.4 Å². The maximum Gasteiger partial charge on any atom is 0.259 e. The first-order chi connectivity index (χ1) is 11.5. The van der Waals surface area contributed by atoms with Crippen molar-refractivity contribution < 1.29 is 0 Å². The number of anilines is 1. The van der Waals surface area contributed by atoms with E-state index >= 15 is 0 Å². The number of hydrogen-bond donors (Lipinski definition) is 0. The highest BCUT2D eigenvalue weighted by molar-refractivity contribution is 6.35. The van der Waals surface area contributed by atoms with Gasteiger partial charge in [0.15, 0.2) is 0 Å². The molecule has 0 bridgehead atoms. The van der Waals surface area contributed by atoms with E-state index in [-0.39, 0.29) is 5.56 Å². The number of rotatable bonds is 4. The predicted octanol–water partition coefficient (Wildman–Crippen LogP) is 4.19. The molecule has 3 aromatic rings. The summed E-state index contributed by atoms with van der Waals surface area (Å²) >= 11 is 6.43. The summed E-state index contributed by atoms with van der Waals surface area (Å²) < 4.78 is 1.71. The van der Waals surface area contributed by atoms with Crippen LogP contribution in [0.4, 0.5) is 5.82 Å².